The average Bonchev–Trinajstić information content (AvgIpc) is 2.73. The van der Waals surface area contributed by atoms with Crippen molar-refractivity contribution in [3.8, 4) is 0 Å². The highest BCUT2D eigenvalue weighted by Crippen LogP contribution is 2.19. The molecule has 0 aliphatic carbocycles. The van der Waals surface area contributed by atoms with Crippen LogP contribution in [0.5, 0.6) is 0 Å². The highest BCUT2D eigenvalue weighted by molar-refractivity contribution is 8.14. The Morgan fingerprint density at radius 2 is 1.71 bits per heavy atom. The number of nitrogens with one attached hydrogen (secondary N) is 1. The van der Waals surface area contributed by atoms with Gasteiger partial charge in [-0.25, -0.2) is 4.99 Å². The van der Waals surface area contributed by atoms with Gasteiger partial charge in [-0.05, 0) is 43.3 Å². The molecule has 1 aliphatic rings. The maximum Gasteiger partial charge on any atom is 0.234 e. The summed E-state index contributed by atoms with van der Waals surface area (Å²) >= 11 is 1.50. The molecule has 3 rings (SSSR count). The topological polar surface area (TPSA) is 47.9 Å². The first-order valence-corrected chi connectivity index (χ1v) is 10.7. The highest BCUT2D eigenvalue weighted by atomic mass is 32.2. The molecular formula is C22H28N4OS. The Kier molecular flexibility index (Phi) is 7.51. The minimum atomic E-state index is -0.0101. The van der Waals surface area contributed by atoms with Crippen molar-refractivity contribution in [3.63, 3.8) is 0 Å². The predicted octanol–water partition coefficient (Wildman–Crippen LogP) is 3.86. The van der Waals surface area contributed by atoms with Crippen LogP contribution in [0.15, 0.2) is 59.6 Å². The Morgan fingerprint density at radius 1 is 1.04 bits per heavy atom. The quantitative estimate of drug-likeness (QED) is 0.616. The van der Waals surface area contributed by atoms with Crippen LogP contribution in [-0.4, -0.2) is 59.9 Å². The van der Waals surface area contributed by atoms with Crippen LogP contribution in [0.2, 0.25) is 0 Å². The van der Waals surface area contributed by atoms with E-state index < -0.39 is 0 Å². The van der Waals surface area contributed by atoms with E-state index in [0.29, 0.717) is 5.75 Å². The van der Waals surface area contributed by atoms with Crippen LogP contribution in [0.4, 0.5) is 11.4 Å². The van der Waals surface area contributed by atoms with Crippen molar-refractivity contribution in [1.82, 2.24) is 9.80 Å². The molecule has 1 aliphatic heterocycles. The second kappa shape index (κ2) is 10.3. The van der Waals surface area contributed by atoms with Crippen LogP contribution < -0.4 is 5.32 Å². The zero-order valence-corrected chi connectivity index (χ0v) is 17.4. The Bertz CT molecular complexity index is 784. The summed E-state index contributed by atoms with van der Waals surface area (Å²) in [6.07, 6.45) is 0.994. The number of para-hydroxylation sites is 1. The normalized spacial score (nSPS) is 15.5. The van der Waals surface area contributed by atoms with Crippen molar-refractivity contribution in [2.45, 2.75) is 13.3 Å². The molecule has 1 heterocycles. The Hall–Kier alpha value is -2.31. The summed E-state index contributed by atoms with van der Waals surface area (Å²) in [5, 5.41) is 3.89. The van der Waals surface area contributed by atoms with E-state index in [2.05, 4.69) is 41.2 Å². The molecule has 0 atom stereocenters. The van der Waals surface area contributed by atoms with Crippen LogP contribution in [0, 0.1) is 0 Å². The number of carbonyl (C=O) groups is 1. The first kappa shape index (κ1) is 20.4. The molecule has 1 N–H and O–H groups in total. The zero-order chi connectivity index (χ0) is 19.8. The number of piperazine rings is 1. The van der Waals surface area contributed by atoms with Crippen LogP contribution in [0.1, 0.15) is 12.5 Å². The third-order valence-electron chi connectivity index (χ3n) is 4.73. The lowest BCUT2D eigenvalue weighted by Gasteiger charge is -2.34. The van der Waals surface area contributed by atoms with E-state index in [4.69, 9.17) is 4.99 Å². The highest BCUT2D eigenvalue weighted by Gasteiger charge is 2.19. The van der Waals surface area contributed by atoms with Crippen molar-refractivity contribution in [2.24, 2.45) is 4.99 Å². The van der Waals surface area contributed by atoms with Crippen LogP contribution >= 0.6 is 11.8 Å². The number of rotatable bonds is 5. The minimum absolute atomic E-state index is 0.0101. The molecule has 0 aromatic heterocycles. The van der Waals surface area contributed by atoms with Gasteiger partial charge in [-0.1, -0.05) is 49.0 Å². The number of hydrogen-bond donors (Lipinski definition) is 1. The lowest BCUT2D eigenvalue weighted by atomic mass is 10.1. The number of likely N-dealkylation sites (N-methyl/N-ethyl adjacent to an activating group) is 1. The van der Waals surface area contributed by atoms with Gasteiger partial charge in [-0.15, -0.1) is 0 Å². The van der Waals surface area contributed by atoms with E-state index in [1.807, 2.05) is 42.5 Å². The van der Waals surface area contributed by atoms with Gasteiger partial charge in [0.15, 0.2) is 5.17 Å². The average molecular weight is 397 g/mol. The second-order valence-electron chi connectivity index (χ2n) is 6.91. The van der Waals surface area contributed by atoms with Gasteiger partial charge in [0.25, 0.3) is 0 Å². The van der Waals surface area contributed by atoms with Crippen molar-refractivity contribution in [2.75, 3.05) is 44.3 Å². The van der Waals surface area contributed by atoms with Gasteiger partial charge in [0.2, 0.25) is 5.91 Å². The number of hydrogen-bond acceptors (Lipinski definition) is 4. The van der Waals surface area contributed by atoms with E-state index in [9.17, 15) is 4.79 Å². The van der Waals surface area contributed by atoms with E-state index in [1.54, 1.807) is 0 Å². The maximum atomic E-state index is 12.4. The molecule has 1 fully saturated rings. The Labute approximate surface area is 171 Å². The SMILES string of the molecule is CCc1ccc(NC(=O)CSC(=Nc2ccccc2)N2CCN(C)CC2)cc1. The smallest absolute Gasteiger partial charge is 0.234 e. The Balaban J connectivity index is 1.63. The van der Waals surface area contributed by atoms with Crippen LogP contribution in [0.25, 0.3) is 0 Å². The van der Waals surface area contributed by atoms with E-state index in [1.165, 1.54) is 17.3 Å². The number of nitrogens with zero attached hydrogens (tertiary/aromatic N) is 3. The van der Waals surface area contributed by atoms with Gasteiger partial charge in [0, 0.05) is 31.9 Å². The van der Waals surface area contributed by atoms with Gasteiger partial charge in [-0.2, -0.15) is 0 Å². The molecule has 148 valence electrons. The first-order chi connectivity index (χ1) is 13.6. The Morgan fingerprint density at radius 3 is 2.36 bits per heavy atom. The summed E-state index contributed by atoms with van der Waals surface area (Å²) in [6, 6.07) is 18.0. The summed E-state index contributed by atoms with van der Waals surface area (Å²) in [4.78, 5) is 21.9. The maximum absolute atomic E-state index is 12.4. The monoisotopic (exact) mass is 396 g/mol. The standard InChI is InChI=1S/C22H28N4OS/c1-3-18-9-11-20(12-10-18)23-21(27)17-28-22(24-19-7-5-4-6-8-19)26-15-13-25(2)14-16-26/h4-12H,3,13-17H2,1-2H3,(H,23,27). The molecule has 0 bridgehead atoms. The molecule has 2 aromatic carbocycles. The van der Waals surface area contributed by atoms with Crippen LogP contribution in [-0.2, 0) is 11.2 Å². The number of aliphatic imine (C=N–C) groups is 1. The number of thioether (sulfide) groups is 1. The van der Waals surface area contributed by atoms with E-state index >= 15 is 0 Å². The molecule has 28 heavy (non-hydrogen) atoms. The van der Waals surface area contributed by atoms with Crippen molar-refractivity contribution < 1.29 is 4.79 Å². The van der Waals surface area contributed by atoms with Crippen molar-refractivity contribution >= 4 is 34.2 Å². The largest absolute Gasteiger partial charge is 0.349 e. The molecular weight excluding hydrogens is 368 g/mol. The minimum Gasteiger partial charge on any atom is -0.349 e. The number of aryl methyl sites for hydroxylation is 1. The molecule has 1 saturated heterocycles. The third kappa shape index (κ3) is 6.11. The molecule has 0 radical (unpaired) electrons. The van der Waals surface area contributed by atoms with Crippen molar-refractivity contribution in [1.29, 1.82) is 0 Å². The summed E-state index contributed by atoms with van der Waals surface area (Å²) in [5.74, 6) is 0.331. The molecule has 6 heteroatoms. The summed E-state index contributed by atoms with van der Waals surface area (Å²) in [5.41, 5.74) is 3.02. The zero-order valence-electron chi connectivity index (χ0n) is 16.6. The number of amidine groups is 1. The molecule has 1 amide bonds. The second-order valence-corrected chi connectivity index (χ2v) is 7.85. The first-order valence-electron chi connectivity index (χ1n) is 9.73. The van der Waals surface area contributed by atoms with E-state index in [0.717, 1.165) is 49.1 Å². The fourth-order valence-corrected chi connectivity index (χ4v) is 3.82. The van der Waals surface area contributed by atoms with Gasteiger partial charge < -0.3 is 15.1 Å². The van der Waals surface area contributed by atoms with Gasteiger partial charge in [0.05, 0.1) is 11.4 Å². The summed E-state index contributed by atoms with van der Waals surface area (Å²) in [7, 11) is 2.13. The molecule has 0 spiro atoms. The number of amides is 1. The number of carbonyl (C=O) groups excluding carboxylic acids is 1. The lowest BCUT2D eigenvalue weighted by Crippen LogP contribution is -2.46. The van der Waals surface area contributed by atoms with Gasteiger partial charge in [-0.3, -0.25) is 4.79 Å². The van der Waals surface area contributed by atoms with E-state index in [-0.39, 0.29) is 5.91 Å². The molecule has 2 aromatic rings. The van der Waals surface area contributed by atoms with Crippen molar-refractivity contribution in [3.05, 3.63) is 60.2 Å². The fraction of sp³-hybridized carbons (Fsp3) is 0.364. The lowest BCUT2D eigenvalue weighted by molar-refractivity contribution is -0.113. The fourth-order valence-electron chi connectivity index (χ4n) is 2.96. The number of benzene rings is 2. The van der Waals surface area contributed by atoms with Crippen LogP contribution in [0.3, 0.4) is 0 Å². The molecule has 0 unspecified atom stereocenters. The predicted molar refractivity (Wildman–Crippen MR) is 120 cm³/mol. The molecule has 0 saturated carbocycles. The molecule has 5 nitrogen and oxygen atoms in total. The summed E-state index contributed by atoms with van der Waals surface area (Å²) < 4.78 is 0. The van der Waals surface area contributed by atoms with Gasteiger partial charge >= 0.3 is 0 Å². The summed E-state index contributed by atoms with van der Waals surface area (Å²) in [6.45, 7) is 5.98. The number of anilines is 1. The third-order valence-corrected chi connectivity index (χ3v) is 5.75. The van der Waals surface area contributed by atoms with Gasteiger partial charge in [0.1, 0.15) is 0 Å².